The van der Waals surface area contributed by atoms with Crippen molar-refractivity contribution in [2.45, 2.75) is 19.9 Å². The summed E-state index contributed by atoms with van der Waals surface area (Å²) in [6.45, 7) is 8.31. The summed E-state index contributed by atoms with van der Waals surface area (Å²) in [6.07, 6.45) is 0. The Morgan fingerprint density at radius 3 is 2.50 bits per heavy atom. The van der Waals surface area contributed by atoms with E-state index in [9.17, 15) is 12.8 Å². The number of halogens is 1. The molecule has 1 fully saturated rings. The highest BCUT2D eigenvalue weighted by atomic mass is 32.2. The van der Waals surface area contributed by atoms with Crippen molar-refractivity contribution in [3.8, 4) is 0 Å². The zero-order chi connectivity index (χ0) is 16.3. The summed E-state index contributed by atoms with van der Waals surface area (Å²) in [7, 11) is -3.84. The van der Waals surface area contributed by atoms with Crippen LogP contribution >= 0.6 is 0 Å². The number of hydrogen-bond donors (Lipinski definition) is 2. The summed E-state index contributed by atoms with van der Waals surface area (Å²) in [4.78, 5) is 4.49. The first-order valence-corrected chi connectivity index (χ1v) is 8.91. The van der Waals surface area contributed by atoms with E-state index < -0.39 is 22.1 Å². The molecule has 0 radical (unpaired) electrons. The molecule has 3 N–H and O–H groups in total. The Hall–Kier alpha value is -1.22. The number of rotatable bonds is 5. The third-order valence-electron chi connectivity index (χ3n) is 3.96. The predicted octanol–water partition coefficient (Wildman–Crippen LogP) is 0.822. The lowest BCUT2D eigenvalue weighted by molar-refractivity contribution is 0.271. The molecule has 0 aliphatic carbocycles. The highest BCUT2D eigenvalue weighted by Gasteiger charge is 2.22. The van der Waals surface area contributed by atoms with Crippen LogP contribution in [-0.4, -0.2) is 46.0 Å². The van der Waals surface area contributed by atoms with Gasteiger partial charge in [0.05, 0.1) is 0 Å². The molecule has 0 spiro atoms. The van der Waals surface area contributed by atoms with E-state index in [2.05, 4.69) is 21.4 Å². The average molecular weight is 330 g/mol. The molecule has 1 aromatic carbocycles. The minimum Gasteiger partial charge on any atom is -0.369 e. The molecular formula is C14H23FN4O2S. The molecule has 1 heterocycles. The summed E-state index contributed by atoms with van der Waals surface area (Å²) in [5, 5.41) is 5.02. The van der Waals surface area contributed by atoms with Crippen molar-refractivity contribution < 1.29 is 12.8 Å². The number of piperazine rings is 1. The zero-order valence-electron chi connectivity index (χ0n) is 12.9. The second-order valence-electron chi connectivity index (χ2n) is 5.51. The van der Waals surface area contributed by atoms with Crippen molar-refractivity contribution >= 4 is 15.9 Å². The van der Waals surface area contributed by atoms with Crippen LogP contribution in [0.1, 0.15) is 25.5 Å². The summed E-state index contributed by atoms with van der Waals surface area (Å²) >= 11 is 0. The third-order valence-corrected chi connectivity index (χ3v) is 4.64. The van der Waals surface area contributed by atoms with E-state index in [4.69, 9.17) is 5.14 Å². The standard InChI is InChI=1S/C14H23FN4O2S/c1-3-18-6-8-19(9-7-18)14-5-4-12(15)10-13(14)11(2)17-22(16,20)21/h4-5,10-11,17H,3,6-9H2,1-2H3,(H2,16,20,21). The van der Waals surface area contributed by atoms with Gasteiger partial charge in [0.1, 0.15) is 5.82 Å². The van der Waals surface area contributed by atoms with Gasteiger partial charge in [-0.25, -0.2) is 9.53 Å². The molecular weight excluding hydrogens is 307 g/mol. The molecule has 1 aliphatic heterocycles. The second kappa shape index (κ2) is 6.91. The molecule has 2 rings (SSSR count). The molecule has 0 amide bonds. The summed E-state index contributed by atoms with van der Waals surface area (Å²) in [5.41, 5.74) is 1.44. The van der Waals surface area contributed by atoms with E-state index in [1.165, 1.54) is 12.1 Å². The van der Waals surface area contributed by atoms with Gasteiger partial charge in [-0.3, -0.25) is 0 Å². The minimum absolute atomic E-state index is 0.394. The van der Waals surface area contributed by atoms with Gasteiger partial charge >= 0.3 is 0 Å². The van der Waals surface area contributed by atoms with Gasteiger partial charge in [-0.2, -0.15) is 13.1 Å². The molecule has 6 nitrogen and oxygen atoms in total. The Labute approximate surface area is 131 Å². The van der Waals surface area contributed by atoms with E-state index in [-0.39, 0.29) is 0 Å². The first-order chi connectivity index (χ1) is 10.3. The van der Waals surface area contributed by atoms with E-state index in [1.807, 2.05) is 0 Å². The SMILES string of the molecule is CCN1CCN(c2ccc(F)cc2C(C)NS(N)(=O)=O)CC1. The first kappa shape index (κ1) is 17.1. The number of nitrogens with zero attached hydrogens (tertiary/aromatic N) is 2. The van der Waals surface area contributed by atoms with E-state index in [1.54, 1.807) is 13.0 Å². The highest BCUT2D eigenvalue weighted by molar-refractivity contribution is 7.87. The topological polar surface area (TPSA) is 78.7 Å². The van der Waals surface area contributed by atoms with Gasteiger partial charge < -0.3 is 9.80 Å². The smallest absolute Gasteiger partial charge is 0.274 e. The largest absolute Gasteiger partial charge is 0.369 e. The maximum absolute atomic E-state index is 13.6. The fourth-order valence-corrected chi connectivity index (χ4v) is 3.39. The van der Waals surface area contributed by atoms with Crippen molar-refractivity contribution in [3.63, 3.8) is 0 Å². The summed E-state index contributed by atoms with van der Waals surface area (Å²) in [5.74, 6) is -0.394. The van der Waals surface area contributed by atoms with E-state index in [0.717, 1.165) is 38.4 Å². The molecule has 124 valence electrons. The molecule has 0 saturated carbocycles. The minimum atomic E-state index is -3.84. The van der Waals surface area contributed by atoms with Crippen molar-refractivity contribution in [1.29, 1.82) is 0 Å². The van der Waals surface area contributed by atoms with Gasteiger partial charge in [-0.05, 0) is 37.2 Å². The molecule has 1 aliphatic rings. The van der Waals surface area contributed by atoms with Crippen LogP contribution in [-0.2, 0) is 10.2 Å². The molecule has 22 heavy (non-hydrogen) atoms. The third kappa shape index (κ3) is 4.39. The molecule has 0 bridgehead atoms. The van der Waals surface area contributed by atoms with Gasteiger partial charge in [0.15, 0.2) is 0 Å². The van der Waals surface area contributed by atoms with Gasteiger partial charge in [0, 0.05) is 37.9 Å². The predicted molar refractivity (Wildman–Crippen MR) is 85.4 cm³/mol. The van der Waals surface area contributed by atoms with Crippen molar-refractivity contribution in [1.82, 2.24) is 9.62 Å². The number of nitrogens with two attached hydrogens (primary N) is 1. The van der Waals surface area contributed by atoms with Gasteiger partial charge in [-0.1, -0.05) is 6.92 Å². The number of nitrogens with one attached hydrogen (secondary N) is 1. The van der Waals surface area contributed by atoms with Crippen LogP contribution in [0.2, 0.25) is 0 Å². The fourth-order valence-electron chi connectivity index (χ4n) is 2.78. The number of hydrogen-bond acceptors (Lipinski definition) is 4. The molecule has 0 aromatic heterocycles. The van der Waals surface area contributed by atoms with Crippen LogP contribution in [0.3, 0.4) is 0 Å². The van der Waals surface area contributed by atoms with Gasteiger partial charge in [0.2, 0.25) is 0 Å². The summed E-state index contributed by atoms with van der Waals surface area (Å²) in [6, 6.07) is 3.87. The molecule has 8 heteroatoms. The number of benzene rings is 1. The quantitative estimate of drug-likeness (QED) is 0.838. The zero-order valence-corrected chi connectivity index (χ0v) is 13.7. The lowest BCUT2D eigenvalue weighted by atomic mass is 10.0. The van der Waals surface area contributed by atoms with Gasteiger partial charge in [0.25, 0.3) is 10.2 Å². The lowest BCUT2D eigenvalue weighted by Gasteiger charge is -2.37. The second-order valence-corrected chi connectivity index (χ2v) is 6.83. The Balaban J connectivity index is 2.24. The lowest BCUT2D eigenvalue weighted by Crippen LogP contribution is -2.46. The normalized spacial score (nSPS) is 18.5. The Morgan fingerprint density at radius 1 is 1.32 bits per heavy atom. The number of likely N-dealkylation sites (N-methyl/N-ethyl adjacent to an activating group) is 1. The van der Waals surface area contributed by atoms with Crippen molar-refractivity contribution in [2.75, 3.05) is 37.6 Å². The van der Waals surface area contributed by atoms with Crippen LogP contribution < -0.4 is 14.8 Å². The Morgan fingerprint density at radius 2 is 1.95 bits per heavy atom. The number of anilines is 1. The molecule has 1 atom stereocenters. The fraction of sp³-hybridized carbons (Fsp3) is 0.571. The Bertz CT molecular complexity index is 615. The Kier molecular flexibility index (Phi) is 5.38. The molecule has 1 saturated heterocycles. The highest BCUT2D eigenvalue weighted by Crippen LogP contribution is 2.28. The molecule has 1 aromatic rings. The maximum atomic E-state index is 13.6. The van der Waals surface area contributed by atoms with Crippen molar-refractivity contribution in [2.24, 2.45) is 5.14 Å². The van der Waals surface area contributed by atoms with Crippen LogP contribution in [0.25, 0.3) is 0 Å². The first-order valence-electron chi connectivity index (χ1n) is 7.37. The van der Waals surface area contributed by atoms with E-state index >= 15 is 0 Å². The van der Waals surface area contributed by atoms with Crippen LogP contribution in [0.15, 0.2) is 18.2 Å². The van der Waals surface area contributed by atoms with E-state index in [0.29, 0.717) is 5.56 Å². The monoisotopic (exact) mass is 330 g/mol. The van der Waals surface area contributed by atoms with Crippen molar-refractivity contribution in [3.05, 3.63) is 29.6 Å². The maximum Gasteiger partial charge on any atom is 0.274 e. The van der Waals surface area contributed by atoms with Gasteiger partial charge in [-0.15, -0.1) is 0 Å². The average Bonchev–Trinajstić information content (AvgIpc) is 2.45. The van der Waals surface area contributed by atoms with Crippen LogP contribution in [0.5, 0.6) is 0 Å². The summed E-state index contributed by atoms with van der Waals surface area (Å²) < 4.78 is 38.3. The molecule has 1 unspecified atom stereocenters. The van der Waals surface area contributed by atoms with Crippen LogP contribution in [0, 0.1) is 5.82 Å². The van der Waals surface area contributed by atoms with Crippen LogP contribution in [0.4, 0.5) is 10.1 Å².